The van der Waals surface area contributed by atoms with E-state index in [0.717, 1.165) is 5.69 Å². The van der Waals surface area contributed by atoms with Crippen LogP contribution in [-0.2, 0) is 0 Å². The molecule has 9 nitrogen and oxygen atoms in total. The van der Waals surface area contributed by atoms with Gasteiger partial charge in [-0.1, -0.05) is 23.7 Å². The highest BCUT2D eigenvalue weighted by Crippen LogP contribution is 2.38. The molecule has 0 atom stereocenters. The summed E-state index contributed by atoms with van der Waals surface area (Å²) in [6.45, 7) is 1.01. The maximum absolute atomic E-state index is 12.9. The van der Waals surface area contributed by atoms with Crippen LogP contribution < -0.4 is 15.1 Å². The third kappa shape index (κ3) is 4.28. The first-order chi connectivity index (χ1) is 16.8. The largest absolute Gasteiger partial charge is 0.393 e. The number of carbonyl (C=O) groups excluding carboxylic acids is 2. The lowest BCUT2D eigenvalue weighted by atomic mass is 10.1. The van der Waals surface area contributed by atoms with Crippen molar-refractivity contribution in [3.8, 4) is 0 Å². The van der Waals surface area contributed by atoms with Crippen LogP contribution in [-0.4, -0.2) is 65.1 Å². The maximum atomic E-state index is 12.9. The normalized spacial score (nSPS) is 16.0. The first-order valence-corrected chi connectivity index (χ1v) is 11.7. The Hall–Kier alpha value is -3.69. The van der Waals surface area contributed by atoms with Crippen molar-refractivity contribution >= 4 is 52.2 Å². The Morgan fingerprint density at radius 3 is 2.57 bits per heavy atom. The van der Waals surface area contributed by atoms with Crippen LogP contribution in [0, 0.1) is 0 Å². The predicted octanol–water partition coefficient (Wildman–Crippen LogP) is 3.83. The second kappa shape index (κ2) is 9.16. The molecule has 2 aromatic carbocycles. The zero-order valence-corrected chi connectivity index (χ0v) is 20.2. The van der Waals surface area contributed by atoms with E-state index in [-0.39, 0.29) is 17.9 Å². The number of anilines is 5. The molecule has 10 heteroatoms. The van der Waals surface area contributed by atoms with Gasteiger partial charge in [-0.3, -0.25) is 9.59 Å². The van der Waals surface area contributed by atoms with E-state index in [1.165, 1.54) is 4.90 Å². The zero-order chi connectivity index (χ0) is 24.7. The van der Waals surface area contributed by atoms with Crippen molar-refractivity contribution < 1.29 is 14.7 Å². The van der Waals surface area contributed by atoms with Gasteiger partial charge in [-0.05, 0) is 43.2 Å². The minimum absolute atomic E-state index is 0.134. The fourth-order valence-corrected chi connectivity index (χ4v) is 4.66. The molecule has 0 saturated carbocycles. The van der Waals surface area contributed by atoms with Gasteiger partial charge in [0.1, 0.15) is 5.69 Å². The molecular formula is C25H25ClN6O3. The van der Waals surface area contributed by atoms with Gasteiger partial charge in [0, 0.05) is 32.9 Å². The topological polar surface area (TPSA) is 102 Å². The zero-order valence-electron chi connectivity index (χ0n) is 19.4. The Morgan fingerprint density at radius 1 is 1.09 bits per heavy atom. The van der Waals surface area contributed by atoms with Crippen molar-refractivity contribution in [2.75, 3.05) is 42.3 Å². The van der Waals surface area contributed by atoms with Crippen molar-refractivity contribution in [3.63, 3.8) is 0 Å². The fraction of sp³-hybridized carbons (Fsp3) is 0.280. The summed E-state index contributed by atoms with van der Waals surface area (Å²) < 4.78 is 0. The van der Waals surface area contributed by atoms with Crippen LogP contribution in [0.4, 0.5) is 28.8 Å². The second-order valence-corrected chi connectivity index (χ2v) is 9.09. The molecule has 1 saturated heterocycles. The van der Waals surface area contributed by atoms with Gasteiger partial charge >= 0.3 is 0 Å². The molecule has 0 bridgehead atoms. The number of nitrogens with zero attached hydrogens (tertiary/aromatic N) is 5. The molecular weight excluding hydrogens is 468 g/mol. The highest BCUT2D eigenvalue weighted by atomic mass is 35.5. The molecule has 180 valence electrons. The van der Waals surface area contributed by atoms with Gasteiger partial charge in [0.15, 0.2) is 5.82 Å². The Morgan fingerprint density at radius 2 is 1.83 bits per heavy atom. The van der Waals surface area contributed by atoms with Gasteiger partial charge < -0.3 is 25.1 Å². The van der Waals surface area contributed by atoms with Gasteiger partial charge in [-0.15, -0.1) is 0 Å². The molecule has 2 amide bonds. The van der Waals surface area contributed by atoms with E-state index in [9.17, 15) is 14.7 Å². The van der Waals surface area contributed by atoms with E-state index in [2.05, 4.69) is 15.3 Å². The standard InChI is InChI=1S/C25H25ClN6O3/c1-30-20-6-4-3-5-18(20)23(34)31(2)21-14-27-25(29-22(21)30)28-15-7-8-17(19(26)13-15)24(35)32-11-9-16(33)10-12-32/h3-8,13-14,16,33H,9-12H2,1-2H3,(H,27,28,29). The van der Waals surface area contributed by atoms with E-state index in [0.29, 0.717) is 65.2 Å². The summed E-state index contributed by atoms with van der Waals surface area (Å²) in [4.78, 5) is 40.0. The summed E-state index contributed by atoms with van der Waals surface area (Å²) in [6, 6.07) is 12.5. The van der Waals surface area contributed by atoms with Crippen LogP contribution in [0.15, 0.2) is 48.7 Å². The van der Waals surface area contributed by atoms with Crippen LogP contribution in [0.3, 0.4) is 0 Å². The number of para-hydroxylation sites is 1. The van der Waals surface area contributed by atoms with Crippen LogP contribution in [0.5, 0.6) is 0 Å². The van der Waals surface area contributed by atoms with E-state index in [4.69, 9.17) is 11.6 Å². The van der Waals surface area contributed by atoms with E-state index >= 15 is 0 Å². The lowest BCUT2D eigenvalue weighted by molar-refractivity contribution is 0.0546. The number of aliphatic hydroxyl groups excluding tert-OH is 1. The summed E-state index contributed by atoms with van der Waals surface area (Å²) in [5.74, 6) is 0.623. The average molecular weight is 493 g/mol. The van der Waals surface area contributed by atoms with Crippen molar-refractivity contribution in [3.05, 3.63) is 64.8 Å². The smallest absolute Gasteiger partial charge is 0.260 e. The van der Waals surface area contributed by atoms with Gasteiger partial charge in [0.05, 0.1) is 34.1 Å². The van der Waals surface area contributed by atoms with E-state index < -0.39 is 0 Å². The van der Waals surface area contributed by atoms with Crippen molar-refractivity contribution in [1.82, 2.24) is 14.9 Å². The Kier molecular flexibility index (Phi) is 6.04. The number of hydrogen-bond donors (Lipinski definition) is 2. The summed E-state index contributed by atoms with van der Waals surface area (Å²) in [5, 5.41) is 13.1. The number of aliphatic hydroxyl groups is 1. The van der Waals surface area contributed by atoms with Gasteiger partial charge in [-0.25, -0.2) is 4.98 Å². The van der Waals surface area contributed by atoms with Crippen molar-refractivity contribution in [2.45, 2.75) is 18.9 Å². The number of carbonyl (C=O) groups is 2. The number of rotatable bonds is 3. The Bertz CT molecular complexity index is 1310. The molecule has 0 unspecified atom stereocenters. The first-order valence-electron chi connectivity index (χ1n) is 11.3. The number of aromatic nitrogens is 2. The molecule has 0 spiro atoms. The monoisotopic (exact) mass is 492 g/mol. The second-order valence-electron chi connectivity index (χ2n) is 8.69. The molecule has 2 N–H and O–H groups in total. The molecule has 2 aliphatic rings. The van der Waals surface area contributed by atoms with Crippen LogP contribution in [0.1, 0.15) is 33.6 Å². The number of hydrogen-bond acceptors (Lipinski definition) is 7. The average Bonchev–Trinajstić information content (AvgIpc) is 2.94. The minimum Gasteiger partial charge on any atom is -0.393 e. The van der Waals surface area contributed by atoms with Crippen LogP contribution in [0.25, 0.3) is 0 Å². The summed E-state index contributed by atoms with van der Waals surface area (Å²) in [5.41, 5.74) is 2.96. The highest BCUT2D eigenvalue weighted by molar-refractivity contribution is 6.34. The van der Waals surface area contributed by atoms with E-state index in [1.807, 2.05) is 30.1 Å². The lowest BCUT2D eigenvalue weighted by Crippen LogP contribution is -2.40. The summed E-state index contributed by atoms with van der Waals surface area (Å²) in [6.07, 6.45) is 2.39. The molecule has 0 aliphatic carbocycles. The first kappa shape index (κ1) is 23.1. The molecule has 3 heterocycles. The van der Waals surface area contributed by atoms with Crippen LogP contribution >= 0.6 is 11.6 Å². The number of likely N-dealkylation sites (tertiary alicyclic amines) is 1. The predicted molar refractivity (Wildman–Crippen MR) is 135 cm³/mol. The SMILES string of the molecule is CN1C(=O)c2ccccc2N(C)c2nc(Nc3ccc(C(=O)N4CCC(O)CC4)c(Cl)c3)ncc21. The molecule has 1 fully saturated rings. The molecule has 5 rings (SSSR count). The minimum atomic E-state index is -0.354. The molecule has 2 aliphatic heterocycles. The van der Waals surface area contributed by atoms with E-state index in [1.54, 1.807) is 42.4 Å². The molecule has 35 heavy (non-hydrogen) atoms. The molecule has 3 aromatic rings. The number of halogens is 1. The highest BCUT2D eigenvalue weighted by Gasteiger charge is 2.29. The number of benzene rings is 2. The molecule has 0 radical (unpaired) electrons. The van der Waals surface area contributed by atoms with Gasteiger partial charge in [0.2, 0.25) is 5.95 Å². The number of amides is 2. The third-order valence-electron chi connectivity index (χ3n) is 6.44. The maximum Gasteiger partial charge on any atom is 0.260 e. The lowest BCUT2D eigenvalue weighted by Gasteiger charge is -2.29. The van der Waals surface area contributed by atoms with Gasteiger partial charge in [-0.2, -0.15) is 4.98 Å². The Balaban J connectivity index is 1.40. The summed E-state index contributed by atoms with van der Waals surface area (Å²) in [7, 11) is 3.56. The Labute approximate surface area is 208 Å². The number of nitrogens with one attached hydrogen (secondary N) is 1. The fourth-order valence-electron chi connectivity index (χ4n) is 4.40. The molecule has 1 aromatic heterocycles. The third-order valence-corrected chi connectivity index (χ3v) is 6.75. The van der Waals surface area contributed by atoms with Crippen molar-refractivity contribution in [1.29, 1.82) is 0 Å². The number of piperidine rings is 1. The number of fused-ring (bicyclic) bond motifs is 2. The summed E-state index contributed by atoms with van der Waals surface area (Å²) >= 11 is 6.46. The van der Waals surface area contributed by atoms with Crippen molar-refractivity contribution in [2.24, 2.45) is 0 Å². The van der Waals surface area contributed by atoms with Crippen LogP contribution in [0.2, 0.25) is 5.02 Å². The van der Waals surface area contributed by atoms with Gasteiger partial charge in [0.25, 0.3) is 11.8 Å². The quantitative estimate of drug-likeness (QED) is 0.573.